The summed E-state index contributed by atoms with van der Waals surface area (Å²) < 4.78 is 0. The lowest BCUT2D eigenvalue weighted by molar-refractivity contribution is 0.0945. The van der Waals surface area contributed by atoms with Gasteiger partial charge in [-0.05, 0) is 38.5 Å². The molecule has 0 aliphatic heterocycles. The molecule has 0 bridgehead atoms. The highest BCUT2D eigenvalue weighted by molar-refractivity contribution is 6.35. The first kappa shape index (κ1) is 12.6. The molecule has 15 heavy (non-hydrogen) atoms. The van der Waals surface area contributed by atoms with Gasteiger partial charge in [-0.2, -0.15) is 0 Å². The molecule has 0 radical (unpaired) electrons. The monoisotopic (exact) mass is 247 g/mol. The molecule has 0 unspecified atom stereocenters. The molecule has 4 heteroatoms. The normalized spacial score (nSPS) is 11.6. The second kappa shape index (κ2) is 4.60. The van der Waals surface area contributed by atoms with E-state index in [1.807, 2.05) is 6.92 Å². The Morgan fingerprint density at radius 2 is 1.87 bits per heavy atom. The van der Waals surface area contributed by atoms with Crippen molar-refractivity contribution < 1.29 is 5.11 Å². The lowest BCUT2D eigenvalue weighted by Gasteiger charge is -2.19. The Labute approximate surface area is 100 Å². The lowest BCUT2D eigenvalue weighted by atomic mass is 10.1. The lowest BCUT2D eigenvalue weighted by Crippen LogP contribution is -2.29. The van der Waals surface area contributed by atoms with Gasteiger partial charge in [0.15, 0.2) is 0 Å². The average molecular weight is 248 g/mol. The van der Waals surface area contributed by atoms with Gasteiger partial charge in [-0.1, -0.05) is 23.2 Å². The Bertz CT molecular complexity index is 358. The van der Waals surface area contributed by atoms with Crippen molar-refractivity contribution >= 4 is 28.9 Å². The van der Waals surface area contributed by atoms with Gasteiger partial charge in [-0.15, -0.1) is 0 Å². The Morgan fingerprint density at radius 1 is 1.27 bits per heavy atom. The first-order valence-electron chi connectivity index (χ1n) is 4.71. The highest BCUT2D eigenvalue weighted by atomic mass is 35.5. The quantitative estimate of drug-likeness (QED) is 0.858. The summed E-state index contributed by atoms with van der Waals surface area (Å²) in [7, 11) is 0. The van der Waals surface area contributed by atoms with Crippen LogP contribution in [0, 0.1) is 6.92 Å². The molecule has 2 N–H and O–H groups in total. The molecular formula is C11H15Cl2NO. The number of hydrogen-bond acceptors (Lipinski definition) is 2. The fourth-order valence-corrected chi connectivity index (χ4v) is 1.54. The summed E-state index contributed by atoms with van der Waals surface area (Å²) in [5.74, 6) is 0. The third kappa shape index (κ3) is 3.90. The molecule has 0 atom stereocenters. The highest BCUT2D eigenvalue weighted by Crippen LogP contribution is 2.28. The van der Waals surface area contributed by atoms with Gasteiger partial charge in [-0.25, -0.2) is 0 Å². The summed E-state index contributed by atoms with van der Waals surface area (Å²) in [5, 5.41) is 13.9. The molecule has 1 aromatic rings. The van der Waals surface area contributed by atoms with E-state index in [4.69, 9.17) is 23.2 Å². The molecule has 0 saturated carbocycles. The molecule has 1 rings (SSSR count). The van der Waals surface area contributed by atoms with E-state index in [1.54, 1.807) is 26.0 Å². The van der Waals surface area contributed by atoms with Crippen LogP contribution in [-0.4, -0.2) is 17.3 Å². The summed E-state index contributed by atoms with van der Waals surface area (Å²) in [6.45, 7) is 5.77. The van der Waals surface area contributed by atoms with Crippen molar-refractivity contribution in [3.05, 3.63) is 27.7 Å². The third-order valence-electron chi connectivity index (χ3n) is 1.96. The fourth-order valence-electron chi connectivity index (χ4n) is 1.09. The summed E-state index contributed by atoms with van der Waals surface area (Å²) in [6, 6.07) is 3.57. The van der Waals surface area contributed by atoms with E-state index >= 15 is 0 Å². The molecule has 2 nitrogen and oxygen atoms in total. The van der Waals surface area contributed by atoms with E-state index in [1.165, 1.54) is 0 Å². The summed E-state index contributed by atoms with van der Waals surface area (Å²) >= 11 is 12.0. The first-order valence-corrected chi connectivity index (χ1v) is 5.47. The number of anilines is 1. The van der Waals surface area contributed by atoms with Crippen molar-refractivity contribution in [1.82, 2.24) is 0 Å². The van der Waals surface area contributed by atoms with Gasteiger partial charge >= 0.3 is 0 Å². The Balaban J connectivity index is 2.82. The van der Waals surface area contributed by atoms with Crippen molar-refractivity contribution in [2.75, 3.05) is 11.9 Å². The van der Waals surface area contributed by atoms with Crippen LogP contribution in [0.5, 0.6) is 0 Å². The highest BCUT2D eigenvalue weighted by Gasteiger charge is 2.13. The molecule has 0 heterocycles. The summed E-state index contributed by atoms with van der Waals surface area (Å²) in [6.07, 6.45) is 0. The smallest absolute Gasteiger partial charge is 0.0763 e. The van der Waals surface area contributed by atoms with Gasteiger partial charge in [0.25, 0.3) is 0 Å². The topological polar surface area (TPSA) is 32.3 Å². The Hall–Kier alpha value is -0.440. The van der Waals surface area contributed by atoms with Crippen LogP contribution in [-0.2, 0) is 0 Å². The number of aryl methyl sites for hydroxylation is 1. The van der Waals surface area contributed by atoms with Crippen LogP contribution in [0.4, 0.5) is 5.69 Å². The maximum atomic E-state index is 9.56. The molecule has 0 aliphatic carbocycles. The molecule has 0 fully saturated rings. The van der Waals surface area contributed by atoms with Gasteiger partial charge in [-0.3, -0.25) is 0 Å². The van der Waals surface area contributed by atoms with E-state index in [2.05, 4.69) is 5.32 Å². The second-order valence-corrected chi connectivity index (χ2v) is 5.06. The zero-order chi connectivity index (χ0) is 11.6. The SMILES string of the molecule is Cc1cc(Cl)c(NCC(C)(C)O)cc1Cl. The standard InChI is InChI=1S/C11H15Cl2NO/c1-7-4-9(13)10(5-8(7)12)14-6-11(2,3)15/h4-5,14-15H,6H2,1-3H3. The number of halogens is 2. The predicted octanol–water partition coefficient (Wildman–Crippen LogP) is 3.48. The molecular weight excluding hydrogens is 233 g/mol. The zero-order valence-corrected chi connectivity index (χ0v) is 10.6. The second-order valence-electron chi connectivity index (χ2n) is 4.25. The average Bonchev–Trinajstić information content (AvgIpc) is 2.07. The van der Waals surface area contributed by atoms with Gasteiger partial charge < -0.3 is 10.4 Å². The maximum absolute atomic E-state index is 9.56. The minimum Gasteiger partial charge on any atom is -0.389 e. The van der Waals surface area contributed by atoms with Crippen LogP contribution in [0.1, 0.15) is 19.4 Å². The van der Waals surface area contributed by atoms with Gasteiger partial charge in [0.05, 0.1) is 16.3 Å². The first-order chi connectivity index (χ1) is 6.79. The largest absolute Gasteiger partial charge is 0.389 e. The molecule has 0 amide bonds. The minimum atomic E-state index is -0.777. The number of rotatable bonds is 3. The van der Waals surface area contributed by atoms with Crippen LogP contribution in [0.25, 0.3) is 0 Å². The van der Waals surface area contributed by atoms with Crippen molar-refractivity contribution in [2.24, 2.45) is 0 Å². The van der Waals surface area contributed by atoms with E-state index < -0.39 is 5.60 Å². The Kier molecular flexibility index (Phi) is 3.87. The molecule has 0 saturated heterocycles. The molecule has 84 valence electrons. The summed E-state index contributed by atoms with van der Waals surface area (Å²) in [4.78, 5) is 0. The van der Waals surface area contributed by atoms with Crippen molar-refractivity contribution in [3.8, 4) is 0 Å². The van der Waals surface area contributed by atoms with Crippen molar-refractivity contribution in [1.29, 1.82) is 0 Å². The predicted molar refractivity (Wildman–Crippen MR) is 66.0 cm³/mol. The van der Waals surface area contributed by atoms with Crippen LogP contribution < -0.4 is 5.32 Å². The minimum absolute atomic E-state index is 0.423. The van der Waals surface area contributed by atoms with Crippen LogP contribution in [0.2, 0.25) is 10.0 Å². The number of hydrogen-bond donors (Lipinski definition) is 2. The fraction of sp³-hybridized carbons (Fsp3) is 0.455. The molecule has 0 spiro atoms. The number of nitrogens with one attached hydrogen (secondary N) is 1. The van der Waals surface area contributed by atoms with Crippen molar-refractivity contribution in [3.63, 3.8) is 0 Å². The van der Waals surface area contributed by atoms with E-state index in [-0.39, 0.29) is 0 Å². The van der Waals surface area contributed by atoms with Gasteiger partial charge in [0.2, 0.25) is 0 Å². The molecule has 1 aromatic carbocycles. The van der Waals surface area contributed by atoms with Gasteiger partial charge in [0.1, 0.15) is 0 Å². The Morgan fingerprint density at radius 3 is 2.40 bits per heavy atom. The van der Waals surface area contributed by atoms with E-state index in [9.17, 15) is 5.11 Å². The van der Waals surface area contributed by atoms with Crippen LogP contribution in [0.3, 0.4) is 0 Å². The third-order valence-corrected chi connectivity index (χ3v) is 2.68. The number of benzene rings is 1. The van der Waals surface area contributed by atoms with E-state index in [0.717, 1.165) is 11.3 Å². The van der Waals surface area contributed by atoms with E-state index in [0.29, 0.717) is 16.6 Å². The van der Waals surface area contributed by atoms with Gasteiger partial charge in [0, 0.05) is 11.6 Å². The van der Waals surface area contributed by atoms with Crippen molar-refractivity contribution in [2.45, 2.75) is 26.4 Å². The zero-order valence-electron chi connectivity index (χ0n) is 9.06. The van der Waals surface area contributed by atoms with Crippen LogP contribution in [0.15, 0.2) is 12.1 Å². The maximum Gasteiger partial charge on any atom is 0.0763 e. The molecule has 0 aromatic heterocycles. The van der Waals surface area contributed by atoms with Crippen LogP contribution >= 0.6 is 23.2 Å². The summed E-state index contributed by atoms with van der Waals surface area (Å²) in [5.41, 5.74) is 0.908. The number of aliphatic hydroxyl groups is 1. The molecule has 0 aliphatic rings.